The Morgan fingerprint density at radius 2 is 1.76 bits per heavy atom. The number of halogens is 1. The minimum atomic E-state index is -0.389. The van der Waals surface area contributed by atoms with Gasteiger partial charge in [-0.25, -0.2) is 9.18 Å². The predicted octanol–water partition coefficient (Wildman–Crippen LogP) is 3.73. The fourth-order valence-corrected chi connectivity index (χ4v) is 1.80. The van der Waals surface area contributed by atoms with Crippen LogP contribution in [0.4, 0.5) is 4.39 Å². The number of nitrogens with zero attached hydrogens (tertiary/aromatic N) is 1. The summed E-state index contributed by atoms with van der Waals surface area (Å²) in [7, 11) is 0. The summed E-state index contributed by atoms with van der Waals surface area (Å²) in [5.74, 6) is -0.702. The highest BCUT2D eigenvalue weighted by molar-refractivity contribution is 5.98. The van der Waals surface area contributed by atoms with Crippen molar-refractivity contribution in [2.75, 3.05) is 0 Å². The summed E-state index contributed by atoms with van der Waals surface area (Å²) < 4.78 is 12.8. The Morgan fingerprint density at radius 3 is 2.43 bits per heavy atom. The van der Waals surface area contributed by atoms with Gasteiger partial charge in [-0.05, 0) is 36.6 Å². The van der Waals surface area contributed by atoms with Crippen molar-refractivity contribution in [3.8, 4) is 0 Å². The van der Waals surface area contributed by atoms with Gasteiger partial charge in [-0.15, -0.1) is 0 Å². The van der Waals surface area contributed by atoms with Gasteiger partial charge in [0, 0.05) is 0 Å². The van der Waals surface area contributed by atoms with Crippen molar-refractivity contribution in [1.82, 2.24) is 0 Å². The third kappa shape index (κ3) is 4.84. The second kappa shape index (κ2) is 7.33. The highest BCUT2D eigenvalue weighted by Gasteiger charge is 2.05. The summed E-state index contributed by atoms with van der Waals surface area (Å²) >= 11 is 0. The highest BCUT2D eigenvalue weighted by atomic mass is 19.1. The Balaban J connectivity index is 1.85. The van der Waals surface area contributed by atoms with E-state index >= 15 is 0 Å². The van der Waals surface area contributed by atoms with Crippen LogP contribution in [0.5, 0.6) is 0 Å². The van der Waals surface area contributed by atoms with E-state index in [1.165, 1.54) is 12.1 Å². The van der Waals surface area contributed by atoms with Gasteiger partial charge in [0.05, 0.1) is 12.1 Å². The second-order valence-corrected chi connectivity index (χ2v) is 4.63. The van der Waals surface area contributed by atoms with Crippen molar-refractivity contribution in [2.45, 2.75) is 19.8 Å². The third-order valence-electron chi connectivity index (χ3n) is 3.01. The summed E-state index contributed by atoms with van der Waals surface area (Å²) in [5, 5.41) is 3.78. The normalized spacial score (nSPS) is 11.2. The van der Waals surface area contributed by atoms with Crippen LogP contribution in [-0.4, -0.2) is 11.7 Å². The van der Waals surface area contributed by atoms with E-state index in [2.05, 4.69) is 5.16 Å². The molecule has 0 N–H and O–H groups in total. The van der Waals surface area contributed by atoms with Crippen molar-refractivity contribution < 1.29 is 14.0 Å². The van der Waals surface area contributed by atoms with E-state index in [9.17, 15) is 9.18 Å². The Kier molecular flexibility index (Phi) is 5.21. The lowest BCUT2D eigenvalue weighted by Gasteiger charge is -2.02. The molecule has 2 aromatic rings. The van der Waals surface area contributed by atoms with E-state index in [0.29, 0.717) is 17.7 Å². The number of carbonyl (C=O) groups is 1. The molecule has 2 aromatic carbocycles. The SMILES string of the molecule is C/C(=N/OC(=O)CCc1ccccc1)c1ccc(F)cc1. The average Bonchev–Trinajstić information content (AvgIpc) is 2.52. The maximum Gasteiger partial charge on any atom is 0.335 e. The van der Waals surface area contributed by atoms with Crippen molar-refractivity contribution in [3.63, 3.8) is 0 Å². The van der Waals surface area contributed by atoms with Crippen LogP contribution in [0.25, 0.3) is 0 Å². The lowest BCUT2D eigenvalue weighted by atomic mass is 10.1. The molecule has 3 nitrogen and oxygen atoms in total. The maximum atomic E-state index is 12.8. The van der Waals surface area contributed by atoms with Gasteiger partial charge in [0.1, 0.15) is 5.82 Å². The molecule has 0 saturated carbocycles. The van der Waals surface area contributed by atoms with E-state index in [1.807, 2.05) is 30.3 Å². The molecule has 2 rings (SSSR count). The van der Waals surface area contributed by atoms with Gasteiger partial charge in [-0.1, -0.05) is 47.6 Å². The first-order valence-electron chi connectivity index (χ1n) is 6.69. The van der Waals surface area contributed by atoms with Crippen LogP contribution >= 0.6 is 0 Å². The van der Waals surface area contributed by atoms with Crippen molar-refractivity contribution in [3.05, 3.63) is 71.5 Å². The molecule has 21 heavy (non-hydrogen) atoms. The van der Waals surface area contributed by atoms with Gasteiger partial charge in [0.2, 0.25) is 0 Å². The first kappa shape index (κ1) is 14.9. The molecule has 0 aliphatic heterocycles. The van der Waals surface area contributed by atoms with Gasteiger partial charge < -0.3 is 4.84 Å². The van der Waals surface area contributed by atoms with Gasteiger partial charge >= 0.3 is 5.97 Å². The summed E-state index contributed by atoms with van der Waals surface area (Å²) in [4.78, 5) is 16.5. The Morgan fingerprint density at radius 1 is 1.10 bits per heavy atom. The molecule has 0 radical (unpaired) electrons. The molecule has 108 valence electrons. The zero-order valence-corrected chi connectivity index (χ0v) is 11.8. The number of oxime groups is 1. The predicted molar refractivity (Wildman–Crippen MR) is 79.5 cm³/mol. The number of hydrogen-bond acceptors (Lipinski definition) is 3. The zero-order chi connectivity index (χ0) is 15.1. The van der Waals surface area contributed by atoms with Crippen LogP contribution in [0.15, 0.2) is 59.8 Å². The van der Waals surface area contributed by atoms with Crippen LogP contribution in [0.1, 0.15) is 24.5 Å². The van der Waals surface area contributed by atoms with Crippen LogP contribution in [-0.2, 0) is 16.1 Å². The first-order valence-corrected chi connectivity index (χ1v) is 6.69. The van der Waals surface area contributed by atoms with E-state index in [-0.39, 0.29) is 18.2 Å². The second-order valence-electron chi connectivity index (χ2n) is 4.63. The number of aryl methyl sites for hydroxylation is 1. The number of benzene rings is 2. The number of carbonyl (C=O) groups excluding carboxylic acids is 1. The van der Waals surface area contributed by atoms with Crippen molar-refractivity contribution in [1.29, 1.82) is 0 Å². The van der Waals surface area contributed by atoms with Crippen LogP contribution in [0.2, 0.25) is 0 Å². The fourth-order valence-electron chi connectivity index (χ4n) is 1.80. The molecule has 0 spiro atoms. The molecule has 0 fully saturated rings. The fraction of sp³-hybridized carbons (Fsp3) is 0.176. The van der Waals surface area contributed by atoms with Crippen molar-refractivity contribution >= 4 is 11.7 Å². The molecule has 0 amide bonds. The first-order chi connectivity index (χ1) is 10.1. The summed E-state index contributed by atoms with van der Waals surface area (Å²) in [6.07, 6.45) is 0.884. The topological polar surface area (TPSA) is 38.7 Å². The minimum absolute atomic E-state index is 0.268. The summed E-state index contributed by atoms with van der Waals surface area (Å²) in [6.45, 7) is 1.71. The maximum absolute atomic E-state index is 12.8. The van der Waals surface area contributed by atoms with E-state index in [0.717, 1.165) is 5.56 Å². The van der Waals surface area contributed by atoms with Gasteiger partial charge in [-0.3, -0.25) is 0 Å². The van der Waals surface area contributed by atoms with Crippen LogP contribution in [0.3, 0.4) is 0 Å². The molecular weight excluding hydrogens is 269 g/mol. The Bertz CT molecular complexity index is 621. The molecular formula is C17H16FNO2. The van der Waals surface area contributed by atoms with Gasteiger partial charge in [0.25, 0.3) is 0 Å². The smallest absolute Gasteiger partial charge is 0.318 e. The molecule has 0 aromatic heterocycles. The number of rotatable bonds is 5. The van der Waals surface area contributed by atoms with E-state index in [4.69, 9.17) is 4.84 Å². The lowest BCUT2D eigenvalue weighted by molar-refractivity contribution is -0.143. The molecule has 0 saturated heterocycles. The summed E-state index contributed by atoms with van der Waals surface area (Å²) in [5.41, 5.74) is 2.32. The largest absolute Gasteiger partial charge is 0.335 e. The van der Waals surface area contributed by atoms with Crippen molar-refractivity contribution in [2.24, 2.45) is 5.16 Å². The third-order valence-corrected chi connectivity index (χ3v) is 3.01. The Labute approximate surface area is 123 Å². The lowest BCUT2D eigenvalue weighted by Crippen LogP contribution is -2.04. The average molecular weight is 285 g/mol. The Hall–Kier alpha value is -2.49. The quantitative estimate of drug-likeness (QED) is 0.477. The molecule has 0 atom stereocenters. The highest BCUT2D eigenvalue weighted by Crippen LogP contribution is 2.06. The van der Waals surface area contributed by atoms with Gasteiger partial charge in [-0.2, -0.15) is 0 Å². The molecule has 0 aliphatic rings. The zero-order valence-electron chi connectivity index (χ0n) is 11.8. The molecule has 0 aliphatic carbocycles. The summed E-state index contributed by atoms with van der Waals surface area (Å²) in [6, 6.07) is 15.6. The van der Waals surface area contributed by atoms with Crippen LogP contribution in [0, 0.1) is 5.82 Å². The molecule has 0 bridgehead atoms. The standard InChI is InChI=1S/C17H16FNO2/c1-13(15-8-10-16(18)11-9-15)19-21-17(20)12-7-14-5-3-2-4-6-14/h2-6,8-11H,7,12H2,1H3/b19-13-. The van der Waals surface area contributed by atoms with Crippen LogP contribution < -0.4 is 0 Å². The number of hydrogen-bond donors (Lipinski definition) is 0. The van der Waals surface area contributed by atoms with Gasteiger partial charge in [0.15, 0.2) is 0 Å². The minimum Gasteiger partial charge on any atom is -0.318 e. The monoisotopic (exact) mass is 285 g/mol. The molecule has 0 unspecified atom stereocenters. The molecule has 0 heterocycles. The molecule has 4 heteroatoms. The van der Waals surface area contributed by atoms with E-state index < -0.39 is 0 Å². The van der Waals surface area contributed by atoms with E-state index in [1.54, 1.807) is 19.1 Å².